The van der Waals surface area contributed by atoms with Gasteiger partial charge in [0.15, 0.2) is 0 Å². The van der Waals surface area contributed by atoms with E-state index in [0.717, 1.165) is 30.5 Å². The molecule has 0 heterocycles. The van der Waals surface area contributed by atoms with E-state index in [2.05, 4.69) is 4.90 Å². The molecule has 0 saturated carbocycles. The van der Waals surface area contributed by atoms with E-state index in [4.69, 9.17) is 0 Å². The number of anilines is 1. The third-order valence-corrected chi connectivity index (χ3v) is 2.65. The van der Waals surface area contributed by atoms with Crippen LogP contribution in [0.3, 0.4) is 0 Å². The molecule has 1 rings (SSSR count). The average Bonchev–Trinajstić information content (AvgIpc) is 2.25. The highest BCUT2D eigenvalue weighted by molar-refractivity contribution is 5.76. The van der Waals surface area contributed by atoms with Gasteiger partial charge in [-0.25, -0.2) is 0 Å². The zero-order valence-electron chi connectivity index (χ0n) is 10.1. The Hall–Kier alpha value is -1.35. The highest BCUT2D eigenvalue weighted by atomic mass is 16.3. The first-order valence-corrected chi connectivity index (χ1v) is 5.49. The van der Waals surface area contributed by atoms with E-state index in [1.807, 2.05) is 32.2 Å². The van der Waals surface area contributed by atoms with Crippen LogP contribution in [0.5, 0.6) is 0 Å². The zero-order chi connectivity index (χ0) is 12.1. The lowest BCUT2D eigenvalue weighted by Gasteiger charge is -2.22. The van der Waals surface area contributed by atoms with Crippen LogP contribution >= 0.6 is 0 Å². The molecule has 1 N–H and O–H groups in total. The summed E-state index contributed by atoms with van der Waals surface area (Å²) in [7, 11) is 1.99. The van der Waals surface area contributed by atoms with Gasteiger partial charge in [-0.1, -0.05) is 0 Å². The first-order chi connectivity index (χ1) is 7.54. The highest BCUT2D eigenvalue weighted by Crippen LogP contribution is 2.19. The molecule has 0 saturated heterocycles. The number of rotatable bonds is 5. The molecule has 0 aliphatic carbocycles. The van der Waals surface area contributed by atoms with Crippen LogP contribution in [0, 0.1) is 6.92 Å². The van der Waals surface area contributed by atoms with Gasteiger partial charge in [-0.2, -0.15) is 0 Å². The number of carbonyl (C=O) groups excluding carboxylic acids is 1. The van der Waals surface area contributed by atoms with Gasteiger partial charge in [0.2, 0.25) is 0 Å². The zero-order valence-corrected chi connectivity index (χ0v) is 10.1. The SMILES string of the molecule is Cc1cc(C=O)ccc1N(C)CCC(C)O. The van der Waals surface area contributed by atoms with Crippen molar-refractivity contribution in [2.75, 3.05) is 18.5 Å². The fourth-order valence-electron chi connectivity index (χ4n) is 1.68. The Kier molecular flexibility index (Phi) is 4.50. The molecule has 1 atom stereocenters. The van der Waals surface area contributed by atoms with Crippen LogP contribution in [-0.2, 0) is 0 Å². The molecule has 1 aromatic carbocycles. The van der Waals surface area contributed by atoms with Crippen LogP contribution in [-0.4, -0.2) is 31.1 Å². The van der Waals surface area contributed by atoms with E-state index < -0.39 is 0 Å². The van der Waals surface area contributed by atoms with E-state index >= 15 is 0 Å². The van der Waals surface area contributed by atoms with Crippen molar-refractivity contribution in [2.24, 2.45) is 0 Å². The monoisotopic (exact) mass is 221 g/mol. The standard InChI is InChI=1S/C13H19NO2/c1-10-8-12(9-15)4-5-13(10)14(3)7-6-11(2)16/h4-5,8-9,11,16H,6-7H2,1-3H3. The summed E-state index contributed by atoms with van der Waals surface area (Å²) in [5.74, 6) is 0. The quantitative estimate of drug-likeness (QED) is 0.773. The van der Waals surface area contributed by atoms with Crippen LogP contribution in [0.4, 0.5) is 5.69 Å². The summed E-state index contributed by atoms with van der Waals surface area (Å²) in [5, 5.41) is 9.23. The second kappa shape index (κ2) is 5.66. The molecule has 1 aromatic rings. The average molecular weight is 221 g/mol. The summed E-state index contributed by atoms with van der Waals surface area (Å²) in [6, 6.07) is 5.64. The van der Waals surface area contributed by atoms with Crippen LogP contribution in [0.1, 0.15) is 29.3 Å². The van der Waals surface area contributed by atoms with Crippen LogP contribution in [0.25, 0.3) is 0 Å². The second-order valence-corrected chi connectivity index (χ2v) is 4.22. The number of aldehydes is 1. The molecular formula is C13H19NO2. The third-order valence-electron chi connectivity index (χ3n) is 2.65. The van der Waals surface area contributed by atoms with Crippen molar-refractivity contribution < 1.29 is 9.90 Å². The Labute approximate surface area is 96.7 Å². The number of carbonyl (C=O) groups is 1. The molecule has 0 amide bonds. The minimum atomic E-state index is -0.281. The van der Waals surface area contributed by atoms with Gasteiger partial charge in [-0.3, -0.25) is 4.79 Å². The highest BCUT2D eigenvalue weighted by Gasteiger charge is 2.06. The van der Waals surface area contributed by atoms with Crippen molar-refractivity contribution in [3.63, 3.8) is 0 Å². The Morgan fingerprint density at radius 3 is 2.69 bits per heavy atom. The molecule has 0 aromatic heterocycles. The van der Waals surface area contributed by atoms with Gasteiger partial charge >= 0.3 is 0 Å². The van der Waals surface area contributed by atoms with Crippen molar-refractivity contribution in [1.82, 2.24) is 0 Å². The van der Waals surface area contributed by atoms with E-state index in [1.54, 1.807) is 6.92 Å². The minimum absolute atomic E-state index is 0.281. The normalized spacial score (nSPS) is 12.2. The van der Waals surface area contributed by atoms with Gasteiger partial charge < -0.3 is 10.0 Å². The molecule has 0 aliphatic heterocycles. The number of nitrogens with zero attached hydrogens (tertiary/aromatic N) is 1. The maximum Gasteiger partial charge on any atom is 0.150 e. The van der Waals surface area contributed by atoms with Crippen LogP contribution in [0.15, 0.2) is 18.2 Å². The third kappa shape index (κ3) is 3.35. The molecule has 3 nitrogen and oxygen atoms in total. The van der Waals surface area contributed by atoms with Gasteiger partial charge in [0.25, 0.3) is 0 Å². The van der Waals surface area contributed by atoms with Crippen molar-refractivity contribution >= 4 is 12.0 Å². The predicted molar refractivity (Wildman–Crippen MR) is 66.1 cm³/mol. The van der Waals surface area contributed by atoms with E-state index in [0.29, 0.717) is 5.56 Å². The summed E-state index contributed by atoms with van der Waals surface area (Å²) < 4.78 is 0. The van der Waals surface area contributed by atoms with E-state index in [1.165, 1.54) is 0 Å². The largest absolute Gasteiger partial charge is 0.393 e. The van der Waals surface area contributed by atoms with Gasteiger partial charge in [0, 0.05) is 24.8 Å². The van der Waals surface area contributed by atoms with E-state index in [9.17, 15) is 9.90 Å². The van der Waals surface area contributed by atoms with Gasteiger partial charge in [-0.05, 0) is 44.0 Å². The summed E-state index contributed by atoms with van der Waals surface area (Å²) in [5.41, 5.74) is 2.88. The molecule has 88 valence electrons. The Morgan fingerprint density at radius 1 is 1.50 bits per heavy atom. The molecule has 1 unspecified atom stereocenters. The van der Waals surface area contributed by atoms with Crippen LogP contribution in [0.2, 0.25) is 0 Å². The van der Waals surface area contributed by atoms with Crippen LogP contribution < -0.4 is 4.90 Å². The Balaban J connectivity index is 2.75. The summed E-state index contributed by atoms with van der Waals surface area (Å²) >= 11 is 0. The lowest BCUT2D eigenvalue weighted by Crippen LogP contribution is -2.22. The number of benzene rings is 1. The number of aliphatic hydroxyl groups is 1. The molecule has 0 bridgehead atoms. The van der Waals surface area contributed by atoms with Gasteiger partial charge in [0.1, 0.15) is 6.29 Å². The smallest absolute Gasteiger partial charge is 0.150 e. The van der Waals surface area contributed by atoms with E-state index in [-0.39, 0.29) is 6.10 Å². The van der Waals surface area contributed by atoms with Gasteiger partial charge in [0.05, 0.1) is 6.10 Å². The molecule has 3 heteroatoms. The molecule has 0 radical (unpaired) electrons. The predicted octanol–water partition coefficient (Wildman–Crippen LogP) is 2.01. The molecule has 0 aliphatic rings. The van der Waals surface area contributed by atoms with Crippen molar-refractivity contribution in [2.45, 2.75) is 26.4 Å². The van der Waals surface area contributed by atoms with Crippen molar-refractivity contribution in [3.8, 4) is 0 Å². The molecule has 16 heavy (non-hydrogen) atoms. The molecular weight excluding hydrogens is 202 g/mol. The first kappa shape index (κ1) is 12.7. The summed E-state index contributed by atoms with van der Waals surface area (Å²) in [6.07, 6.45) is 1.31. The second-order valence-electron chi connectivity index (χ2n) is 4.22. The fraction of sp³-hybridized carbons (Fsp3) is 0.462. The van der Waals surface area contributed by atoms with Gasteiger partial charge in [-0.15, -0.1) is 0 Å². The number of hydrogen-bond acceptors (Lipinski definition) is 3. The topological polar surface area (TPSA) is 40.5 Å². The fourth-order valence-corrected chi connectivity index (χ4v) is 1.68. The number of hydrogen-bond donors (Lipinski definition) is 1. The summed E-state index contributed by atoms with van der Waals surface area (Å²) in [4.78, 5) is 12.7. The number of aryl methyl sites for hydroxylation is 1. The van der Waals surface area contributed by atoms with Crippen molar-refractivity contribution in [3.05, 3.63) is 29.3 Å². The number of aliphatic hydroxyl groups excluding tert-OH is 1. The lowest BCUT2D eigenvalue weighted by molar-refractivity contribution is 0.112. The maximum absolute atomic E-state index is 10.6. The Bertz CT molecular complexity index is 361. The minimum Gasteiger partial charge on any atom is -0.393 e. The lowest BCUT2D eigenvalue weighted by atomic mass is 10.1. The molecule has 0 spiro atoms. The first-order valence-electron chi connectivity index (χ1n) is 5.49. The molecule has 0 fully saturated rings. The Morgan fingerprint density at radius 2 is 2.19 bits per heavy atom. The van der Waals surface area contributed by atoms with Crippen molar-refractivity contribution in [1.29, 1.82) is 0 Å². The maximum atomic E-state index is 10.6. The summed E-state index contributed by atoms with van der Waals surface area (Å²) in [6.45, 7) is 4.58.